The number of benzene rings is 1. The Morgan fingerprint density at radius 3 is 3.11 bits per heavy atom. The number of hydrogen-bond donors (Lipinski definition) is 3. The number of hydrogen-bond acceptors (Lipinski definition) is 4. The molecule has 2 aromatic rings. The van der Waals surface area contributed by atoms with E-state index in [1.807, 2.05) is 30.6 Å². The summed E-state index contributed by atoms with van der Waals surface area (Å²) >= 11 is 7.65. The van der Waals surface area contributed by atoms with Crippen molar-refractivity contribution in [2.75, 3.05) is 12.8 Å². The highest BCUT2D eigenvalue weighted by atomic mass is 35.5. The Morgan fingerprint density at radius 2 is 2.37 bits per heavy atom. The highest BCUT2D eigenvalue weighted by molar-refractivity contribution is 7.99. The molecule has 0 amide bonds. The average Bonchev–Trinajstić information content (AvgIpc) is 2.78. The normalized spacial score (nSPS) is 21.9. The van der Waals surface area contributed by atoms with Gasteiger partial charge in [0.15, 0.2) is 11.2 Å². The van der Waals surface area contributed by atoms with Crippen LogP contribution >= 0.6 is 23.4 Å². The number of halogens is 1. The van der Waals surface area contributed by atoms with E-state index in [9.17, 15) is 0 Å². The Hall–Kier alpha value is -1.35. The standard InChI is InChI=1S/C13H13ClN4S/c1-19-13(17-7-15)12-9(4-5-16-13)10-6-8(14)2-3-11(10)18-12/h2-3,6,16-18H,4-5H2,1H3/t13-/m0/s1. The summed E-state index contributed by atoms with van der Waals surface area (Å²) < 4.78 is 0. The summed E-state index contributed by atoms with van der Waals surface area (Å²) in [5.74, 6) is 0. The molecule has 1 aromatic heterocycles. The van der Waals surface area contributed by atoms with Crippen molar-refractivity contribution in [1.82, 2.24) is 15.6 Å². The molecule has 3 N–H and O–H groups in total. The summed E-state index contributed by atoms with van der Waals surface area (Å²) in [7, 11) is 0. The zero-order valence-corrected chi connectivity index (χ0v) is 12.0. The topological polar surface area (TPSA) is 63.6 Å². The van der Waals surface area contributed by atoms with Crippen LogP contribution in [0.1, 0.15) is 11.3 Å². The van der Waals surface area contributed by atoms with Crippen LogP contribution < -0.4 is 10.6 Å². The number of aromatic nitrogens is 1. The van der Waals surface area contributed by atoms with E-state index in [2.05, 4.69) is 15.6 Å². The van der Waals surface area contributed by atoms with Gasteiger partial charge in [-0.15, -0.1) is 11.8 Å². The van der Waals surface area contributed by atoms with Crippen LogP contribution in [0.3, 0.4) is 0 Å². The predicted molar refractivity (Wildman–Crippen MR) is 79.0 cm³/mol. The number of nitriles is 1. The van der Waals surface area contributed by atoms with Gasteiger partial charge in [0.05, 0.1) is 5.69 Å². The SMILES string of the molecule is CS[C@]1(NC#N)NCCc2c1[nH]c1ccc(Cl)cc21. The lowest BCUT2D eigenvalue weighted by Gasteiger charge is -2.35. The number of H-pyrrole nitrogens is 1. The second-order valence-corrected chi connectivity index (χ2v) is 5.92. The highest BCUT2D eigenvalue weighted by Crippen LogP contribution is 2.38. The molecule has 1 atom stereocenters. The van der Waals surface area contributed by atoms with Gasteiger partial charge in [0, 0.05) is 22.5 Å². The molecule has 2 heterocycles. The van der Waals surface area contributed by atoms with Crippen LogP contribution in [0.5, 0.6) is 0 Å². The Kier molecular flexibility index (Phi) is 3.09. The van der Waals surface area contributed by atoms with Crippen molar-refractivity contribution in [3.8, 4) is 6.19 Å². The molecule has 0 radical (unpaired) electrons. The number of nitrogens with one attached hydrogen (secondary N) is 3. The molecule has 19 heavy (non-hydrogen) atoms. The molecule has 98 valence electrons. The summed E-state index contributed by atoms with van der Waals surface area (Å²) in [5, 5.41) is 17.1. The fourth-order valence-corrected chi connectivity index (χ4v) is 3.59. The molecule has 0 bridgehead atoms. The smallest absolute Gasteiger partial charge is 0.187 e. The van der Waals surface area contributed by atoms with Gasteiger partial charge in [-0.3, -0.25) is 10.6 Å². The molecule has 0 saturated carbocycles. The molecule has 6 heteroatoms. The minimum Gasteiger partial charge on any atom is -0.354 e. The van der Waals surface area contributed by atoms with Crippen LogP contribution in [-0.2, 0) is 11.4 Å². The van der Waals surface area contributed by atoms with E-state index < -0.39 is 4.99 Å². The largest absolute Gasteiger partial charge is 0.354 e. The maximum absolute atomic E-state index is 9.01. The molecular formula is C13H13ClN4S. The minimum absolute atomic E-state index is 0.576. The van der Waals surface area contributed by atoms with E-state index in [0.29, 0.717) is 0 Å². The zero-order valence-electron chi connectivity index (χ0n) is 10.4. The van der Waals surface area contributed by atoms with Gasteiger partial charge >= 0.3 is 0 Å². The van der Waals surface area contributed by atoms with Crippen molar-refractivity contribution in [3.05, 3.63) is 34.5 Å². The quantitative estimate of drug-likeness (QED) is 0.452. The first-order valence-corrected chi connectivity index (χ1v) is 7.57. The van der Waals surface area contributed by atoms with Crippen LogP contribution in [0.2, 0.25) is 5.02 Å². The van der Waals surface area contributed by atoms with Crippen molar-refractivity contribution in [2.45, 2.75) is 11.4 Å². The van der Waals surface area contributed by atoms with E-state index in [0.717, 1.165) is 34.6 Å². The number of aromatic amines is 1. The van der Waals surface area contributed by atoms with Gasteiger partial charge in [-0.1, -0.05) is 11.6 Å². The third-order valence-electron chi connectivity index (χ3n) is 3.51. The predicted octanol–water partition coefficient (Wildman–Crippen LogP) is 2.51. The van der Waals surface area contributed by atoms with Crippen molar-refractivity contribution < 1.29 is 0 Å². The van der Waals surface area contributed by atoms with Crippen LogP contribution in [0, 0.1) is 11.5 Å². The van der Waals surface area contributed by atoms with Crippen LogP contribution in [-0.4, -0.2) is 17.8 Å². The fraction of sp³-hybridized carbons (Fsp3) is 0.308. The van der Waals surface area contributed by atoms with Crippen molar-refractivity contribution in [3.63, 3.8) is 0 Å². The second-order valence-electron chi connectivity index (χ2n) is 4.47. The first-order valence-electron chi connectivity index (χ1n) is 5.97. The Morgan fingerprint density at radius 1 is 1.53 bits per heavy atom. The number of fused-ring (bicyclic) bond motifs is 3. The summed E-state index contributed by atoms with van der Waals surface area (Å²) in [6.07, 6.45) is 4.95. The van der Waals surface area contributed by atoms with E-state index in [1.165, 1.54) is 5.56 Å². The maximum atomic E-state index is 9.01. The highest BCUT2D eigenvalue weighted by Gasteiger charge is 2.38. The monoisotopic (exact) mass is 292 g/mol. The van der Waals surface area contributed by atoms with Gasteiger partial charge < -0.3 is 4.98 Å². The van der Waals surface area contributed by atoms with Crippen molar-refractivity contribution in [2.24, 2.45) is 0 Å². The molecule has 1 aromatic carbocycles. The maximum Gasteiger partial charge on any atom is 0.187 e. The lowest BCUT2D eigenvalue weighted by Crippen LogP contribution is -2.53. The molecule has 1 aliphatic rings. The molecule has 0 saturated heterocycles. The van der Waals surface area contributed by atoms with Crippen LogP contribution in [0.15, 0.2) is 18.2 Å². The summed E-state index contributed by atoms with van der Waals surface area (Å²) in [6.45, 7) is 0.821. The molecule has 0 spiro atoms. The van der Waals surface area contributed by atoms with E-state index in [4.69, 9.17) is 16.9 Å². The van der Waals surface area contributed by atoms with Crippen LogP contribution in [0.4, 0.5) is 0 Å². The Balaban J connectivity index is 2.25. The molecule has 0 fully saturated rings. The van der Waals surface area contributed by atoms with Crippen molar-refractivity contribution >= 4 is 34.3 Å². The minimum atomic E-state index is -0.576. The molecule has 3 rings (SSSR count). The fourth-order valence-electron chi connectivity index (χ4n) is 2.64. The van der Waals surface area contributed by atoms with Gasteiger partial charge in [-0.25, -0.2) is 0 Å². The molecule has 4 nitrogen and oxygen atoms in total. The summed E-state index contributed by atoms with van der Waals surface area (Å²) in [5.41, 5.74) is 3.30. The van der Waals surface area contributed by atoms with Gasteiger partial charge in [0.1, 0.15) is 0 Å². The summed E-state index contributed by atoms with van der Waals surface area (Å²) in [4.78, 5) is 2.84. The third kappa shape index (κ3) is 1.88. The summed E-state index contributed by atoms with van der Waals surface area (Å²) in [6, 6.07) is 5.83. The zero-order chi connectivity index (χ0) is 13.5. The molecule has 0 unspecified atom stereocenters. The Labute approximate surface area is 120 Å². The third-order valence-corrected chi connectivity index (χ3v) is 4.81. The average molecular weight is 293 g/mol. The van der Waals surface area contributed by atoms with Gasteiger partial charge in [-0.2, -0.15) is 5.26 Å². The number of rotatable bonds is 2. The van der Waals surface area contributed by atoms with E-state index >= 15 is 0 Å². The molecule has 0 aliphatic carbocycles. The first kappa shape index (κ1) is 12.7. The van der Waals surface area contributed by atoms with Gasteiger partial charge in [0.2, 0.25) is 0 Å². The van der Waals surface area contributed by atoms with E-state index in [1.54, 1.807) is 11.8 Å². The lowest BCUT2D eigenvalue weighted by atomic mass is 10.0. The number of nitrogens with zero attached hydrogens (tertiary/aromatic N) is 1. The van der Waals surface area contributed by atoms with Crippen molar-refractivity contribution in [1.29, 1.82) is 5.26 Å². The Bertz CT molecular complexity index is 675. The van der Waals surface area contributed by atoms with E-state index in [-0.39, 0.29) is 0 Å². The lowest BCUT2D eigenvalue weighted by molar-refractivity contribution is 0.416. The van der Waals surface area contributed by atoms with Gasteiger partial charge in [-0.05, 0) is 36.4 Å². The second kappa shape index (κ2) is 4.64. The molecular weight excluding hydrogens is 280 g/mol. The van der Waals surface area contributed by atoms with Gasteiger partial charge in [0.25, 0.3) is 0 Å². The number of thioether (sulfide) groups is 1. The molecule has 1 aliphatic heterocycles. The first-order chi connectivity index (χ1) is 9.20. The van der Waals surface area contributed by atoms with Crippen LogP contribution in [0.25, 0.3) is 10.9 Å².